The highest BCUT2D eigenvalue weighted by molar-refractivity contribution is 7.92. The van der Waals surface area contributed by atoms with E-state index in [9.17, 15) is 28.1 Å². The Morgan fingerprint density at radius 2 is 1.82 bits per heavy atom. The Bertz CT molecular complexity index is 1130. The molecule has 0 atom stereocenters. The third kappa shape index (κ3) is 6.26. The van der Waals surface area contributed by atoms with Gasteiger partial charge in [-0.3, -0.25) is 24.4 Å². The number of carbonyl (C=O) groups is 2. The second-order valence-electron chi connectivity index (χ2n) is 7.50. The second kappa shape index (κ2) is 10.4. The average molecular weight is 477 g/mol. The SMILES string of the molecule is COCC(=O)N1CCC(NC(=O)c2ccc(NS(=O)(=O)c3cccc([N+](=O)[O-])c3)cc2)CC1. The maximum Gasteiger partial charge on any atom is 0.270 e. The molecule has 12 heteroatoms. The number of ether oxygens (including phenoxy) is 1. The molecule has 0 radical (unpaired) electrons. The molecule has 2 amide bonds. The number of non-ortho nitro benzene ring substituents is 1. The number of nitro benzene ring substituents is 1. The lowest BCUT2D eigenvalue weighted by Crippen LogP contribution is -2.47. The van der Waals surface area contributed by atoms with Gasteiger partial charge in [0.25, 0.3) is 21.6 Å². The zero-order chi connectivity index (χ0) is 24.0. The van der Waals surface area contributed by atoms with Gasteiger partial charge in [0, 0.05) is 49.6 Å². The molecule has 1 saturated heterocycles. The van der Waals surface area contributed by atoms with E-state index < -0.39 is 14.9 Å². The van der Waals surface area contributed by atoms with Crippen LogP contribution in [0.3, 0.4) is 0 Å². The molecule has 0 aromatic heterocycles. The fourth-order valence-corrected chi connectivity index (χ4v) is 4.52. The summed E-state index contributed by atoms with van der Waals surface area (Å²) in [4.78, 5) is 36.1. The largest absolute Gasteiger partial charge is 0.375 e. The Morgan fingerprint density at radius 1 is 1.15 bits per heavy atom. The summed E-state index contributed by atoms with van der Waals surface area (Å²) < 4.78 is 32.2. The number of anilines is 1. The first-order valence-electron chi connectivity index (χ1n) is 10.1. The molecule has 1 aliphatic rings. The molecule has 0 saturated carbocycles. The van der Waals surface area contributed by atoms with E-state index in [1.54, 1.807) is 4.90 Å². The summed E-state index contributed by atoms with van der Waals surface area (Å²) in [5.41, 5.74) is 0.230. The second-order valence-corrected chi connectivity index (χ2v) is 9.18. The number of sulfonamides is 1. The van der Waals surface area contributed by atoms with Crippen molar-refractivity contribution in [2.75, 3.05) is 31.5 Å². The van der Waals surface area contributed by atoms with Crippen LogP contribution in [-0.4, -0.2) is 62.9 Å². The van der Waals surface area contributed by atoms with E-state index in [0.717, 1.165) is 6.07 Å². The maximum absolute atomic E-state index is 12.5. The summed E-state index contributed by atoms with van der Waals surface area (Å²) in [6.07, 6.45) is 1.25. The highest BCUT2D eigenvalue weighted by Crippen LogP contribution is 2.21. The van der Waals surface area contributed by atoms with Crippen molar-refractivity contribution in [2.24, 2.45) is 0 Å². The zero-order valence-corrected chi connectivity index (χ0v) is 18.7. The van der Waals surface area contributed by atoms with E-state index in [1.165, 1.54) is 49.6 Å². The van der Waals surface area contributed by atoms with Gasteiger partial charge in [0.05, 0.1) is 9.82 Å². The summed E-state index contributed by atoms with van der Waals surface area (Å²) in [7, 11) is -2.57. The summed E-state index contributed by atoms with van der Waals surface area (Å²) >= 11 is 0. The van der Waals surface area contributed by atoms with Crippen molar-refractivity contribution in [3.05, 3.63) is 64.2 Å². The molecule has 2 aromatic carbocycles. The van der Waals surface area contributed by atoms with Crippen LogP contribution in [0.2, 0.25) is 0 Å². The molecule has 0 aliphatic carbocycles. The van der Waals surface area contributed by atoms with Gasteiger partial charge >= 0.3 is 0 Å². The molecule has 0 spiro atoms. The summed E-state index contributed by atoms with van der Waals surface area (Å²) in [6, 6.07) is 10.5. The minimum absolute atomic E-state index is 0.0360. The van der Waals surface area contributed by atoms with Gasteiger partial charge in [-0.15, -0.1) is 0 Å². The minimum Gasteiger partial charge on any atom is -0.375 e. The number of likely N-dealkylation sites (tertiary alicyclic amines) is 1. The molecule has 2 N–H and O–H groups in total. The molecule has 0 bridgehead atoms. The Balaban J connectivity index is 1.58. The minimum atomic E-state index is -4.04. The molecule has 1 aliphatic heterocycles. The predicted molar refractivity (Wildman–Crippen MR) is 119 cm³/mol. The lowest BCUT2D eigenvalue weighted by molar-refractivity contribution is -0.385. The van der Waals surface area contributed by atoms with Gasteiger partial charge in [0.15, 0.2) is 0 Å². The molecular formula is C21H24N4O7S. The quantitative estimate of drug-likeness (QED) is 0.436. The Kier molecular flexibility index (Phi) is 7.61. The highest BCUT2D eigenvalue weighted by Gasteiger charge is 2.24. The first-order chi connectivity index (χ1) is 15.7. The van der Waals surface area contributed by atoms with Crippen LogP contribution in [0.1, 0.15) is 23.2 Å². The number of nitro groups is 1. The molecule has 3 rings (SSSR count). The van der Waals surface area contributed by atoms with Crippen molar-refractivity contribution in [2.45, 2.75) is 23.8 Å². The lowest BCUT2D eigenvalue weighted by Gasteiger charge is -2.32. The van der Waals surface area contributed by atoms with Gasteiger partial charge in [-0.2, -0.15) is 0 Å². The summed E-state index contributed by atoms with van der Waals surface area (Å²) in [5.74, 6) is -0.379. The van der Waals surface area contributed by atoms with Crippen LogP contribution in [0.5, 0.6) is 0 Å². The molecule has 176 valence electrons. The van der Waals surface area contributed by atoms with Crippen LogP contribution in [0.4, 0.5) is 11.4 Å². The van der Waals surface area contributed by atoms with Crippen molar-refractivity contribution in [1.82, 2.24) is 10.2 Å². The molecule has 2 aromatic rings. The standard InChI is InChI=1S/C21H24N4O7S/c1-32-14-20(26)24-11-9-16(10-12-24)22-21(27)15-5-7-17(8-6-15)23-33(30,31)19-4-2-3-18(13-19)25(28)29/h2-8,13,16,23H,9-12,14H2,1H3,(H,22,27). The number of hydrogen-bond acceptors (Lipinski definition) is 7. The number of methoxy groups -OCH3 is 1. The van der Waals surface area contributed by atoms with E-state index >= 15 is 0 Å². The van der Waals surface area contributed by atoms with Crippen molar-refractivity contribution in [3.63, 3.8) is 0 Å². The van der Waals surface area contributed by atoms with Crippen LogP contribution in [-0.2, 0) is 19.6 Å². The van der Waals surface area contributed by atoms with Crippen LogP contribution < -0.4 is 10.0 Å². The number of hydrogen-bond donors (Lipinski definition) is 2. The lowest BCUT2D eigenvalue weighted by atomic mass is 10.0. The third-order valence-corrected chi connectivity index (χ3v) is 6.57. The van der Waals surface area contributed by atoms with Crippen LogP contribution in [0.25, 0.3) is 0 Å². The third-order valence-electron chi connectivity index (χ3n) is 5.19. The van der Waals surface area contributed by atoms with E-state index in [2.05, 4.69) is 10.0 Å². The van der Waals surface area contributed by atoms with Gasteiger partial charge in [0.2, 0.25) is 5.91 Å². The first-order valence-corrected chi connectivity index (χ1v) is 11.6. The van der Waals surface area contributed by atoms with E-state index in [1.807, 2.05) is 0 Å². The monoisotopic (exact) mass is 476 g/mol. The van der Waals surface area contributed by atoms with Crippen molar-refractivity contribution in [3.8, 4) is 0 Å². The predicted octanol–water partition coefficient (Wildman–Crippen LogP) is 1.76. The Morgan fingerprint density at radius 3 is 2.42 bits per heavy atom. The number of nitrogens with zero attached hydrogens (tertiary/aromatic N) is 2. The van der Waals surface area contributed by atoms with E-state index in [4.69, 9.17) is 4.74 Å². The van der Waals surface area contributed by atoms with Gasteiger partial charge in [-0.1, -0.05) is 6.07 Å². The average Bonchev–Trinajstić information content (AvgIpc) is 2.80. The van der Waals surface area contributed by atoms with Crippen LogP contribution in [0.15, 0.2) is 53.4 Å². The van der Waals surface area contributed by atoms with Gasteiger partial charge in [-0.05, 0) is 43.2 Å². The summed E-state index contributed by atoms with van der Waals surface area (Å²) in [6.45, 7) is 1.10. The zero-order valence-electron chi connectivity index (χ0n) is 17.9. The fourth-order valence-electron chi connectivity index (χ4n) is 3.42. The van der Waals surface area contributed by atoms with Gasteiger partial charge < -0.3 is 15.0 Å². The fraction of sp³-hybridized carbons (Fsp3) is 0.333. The number of amides is 2. The van der Waals surface area contributed by atoms with Crippen molar-refractivity contribution in [1.29, 1.82) is 0 Å². The smallest absolute Gasteiger partial charge is 0.270 e. The molecular weight excluding hydrogens is 452 g/mol. The van der Waals surface area contributed by atoms with Gasteiger partial charge in [-0.25, -0.2) is 8.42 Å². The topological polar surface area (TPSA) is 148 Å². The van der Waals surface area contributed by atoms with Crippen LogP contribution in [0, 0.1) is 10.1 Å². The van der Waals surface area contributed by atoms with Crippen molar-refractivity contribution >= 4 is 33.2 Å². The number of nitrogens with one attached hydrogen (secondary N) is 2. The number of benzene rings is 2. The van der Waals surface area contributed by atoms with Crippen LogP contribution >= 0.6 is 0 Å². The Labute approximate surface area is 190 Å². The first kappa shape index (κ1) is 24.1. The molecule has 1 fully saturated rings. The normalized spacial score (nSPS) is 14.5. The molecule has 11 nitrogen and oxygen atoms in total. The molecule has 33 heavy (non-hydrogen) atoms. The van der Waals surface area contributed by atoms with Crippen molar-refractivity contribution < 1.29 is 27.7 Å². The number of piperidine rings is 1. The number of rotatable bonds is 8. The van der Waals surface area contributed by atoms with E-state index in [-0.39, 0.29) is 40.7 Å². The van der Waals surface area contributed by atoms with Gasteiger partial charge in [0.1, 0.15) is 6.61 Å². The number of carbonyl (C=O) groups excluding carboxylic acids is 2. The Hall–Kier alpha value is -3.51. The highest BCUT2D eigenvalue weighted by atomic mass is 32.2. The van der Waals surface area contributed by atoms with E-state index in [0.29, 0.717) is 31.5 Å². The maximum atomic E-state index is 12.5. The summed E-state index contributed by atoms with van der Waals surface area (Å²) in [5, 5.41) is 13.8. The molecule has 1 heterocycles. The molecule has 0 unspecified atom stereocenters.